The van der Waals surface area contributed by atoms with Crippen molar-refractivity contribution < 1.29 is 4.79 Å². The normalized spacial score (nSPS) is 23.6. The standard InChI is InChI=1S/C16H24N2O/c1-11-7-5-6-8-15(11)13-9-14(10-13)17-12(2)16(19)18(3)4/h5-8,12-14,17H,9-10H2,1-4H3. The molecule has 1 saturated carbocycles. The molecule has 0 heterocycles. The minimum absolute atomic E-state index is 0.0854. The number of carbonyl (C=O) groups excluding carboxylic acids is 1. The molecule has 1 N–H and O–H groups in total. The van der Waals surface area contributed by atoms with E-state index in [-0.39, 0.29) is 11.9 Å². The van der Waals surface area contributed by atoms with Gasteiger partial charge in [-0.15, -0.1) is 0 Å². The second-order valence-electron chi connectivity index (χ2n) is 5.84. The van der Waals surface area contributed by atoms with E-state index in [2.05, 4.69) is 36.5 Å². The van der Waals surface area contributed by atoms with Crippen LogP contribution in [0.1, 0.15) is 36.8 Å². The van der Waals surface area contributed by atoms with Crippen LogP contribution in [0.2, 0.25) is 0 Å². The average Bonchev–Trinajstić information content (AvgIpc) is 2.33. The van der Waals surface area contributed by atoms with Crippen molar-refractivity contribution in [1.29, 1.82) is 0 Å². The summed E-state index contributed by atoms with van der Waals surface area (Å²) in [4.78, 5) is 13.4. The van der Waals surface area contributed by atoms with E-state index in [1.807, 2.05) is 6.92 Å². The third-order valence-corrected chi connectivity index (χ3v) is 4.06. The van der Waals surface area contributed by atoms with Gasteiger partial charge in [-0.3, -0.25) is 4.79 Å². The van der Waals surface area contributed by atoms with Crippen LogP contribution in [-0.2, 0) is 4.79 Å². The molecule has 0 saturated heterocycles. The highest BCUT2D eigenvalue weighted by Gasteiger charge is 2.32. The zero-order valence-electron chi connectivity index (χ0n) is 12.3. The van der Waals surface area contributed by atoms with Crippen LogP contribution < -0.4 is 5.32 Å². The van der Waals surface area contributed by atoms with Crippen LogP contribution in [0.5, 0.6) is 0 Å². The molecule has 0 spiro atoms. The molecular formula is C16H24N2O. The van der Waals surface area contributed by atoms with Crippen LogP contribution in [-0.4, -0.2) is 37.0 Å². The highest BCUT2D eigenvalue weighted by Crippen LogP contribution is 2.38. The van der Waals surface area contributed by atoms with Gasteiger partial charge in [-0.25, -0.2) is 0 Å². The number of likely N-dealkylation sites (N-methyl/N-ethyl adjacent to an activating group) is 1. The maximum atomic E-state index is 11.8. The minimum Gasteiger partial charge on any atom is -0.347 e. The van der Waals surface area contributed by atoms with Crippen LogP contribution in [0.25, 0.3) is 0 Å². The Labute approximate surface area is 116 Å². The molecule has 0 radical (unpaired) electrons. The molecule has 2 rings (SSSR count). The predicted molar refractivity (Wildman–Crippen MR) is 78.2 cm³/mol. The van der Waals surface area contributed by atoms with Gasteiger partial charge < -0.3 is 10.2 Å². The van der Waals surface area contributed by atoms with E-state index in [9.17, 15) is 4.79 Å². The van der Waals surface area contributed by atoms with Crippen molar-refractivity contribution in [1.82, 2.24) is 10.2 Å². The Morgan fingerprint density at radius 2 is 1.95 bits per heavy atom. The topological polar surface area (TPSA) is 32.3 Å². The van der Waals surface area contributed by atoms with E-state index in [1.165, 1.54) is 11.1 Å². The van der Waals surface area contributed by atoms with Gasteiger partial charge in [0.25, 0.3) is 0 Å². The van der Waals surface area contributed by atoms with Gasteiger partial charge in [-0.05, 0) is 43.7 Å². The SMILES string of the molecule is Cc1ccccc1C1CC(NC(C)C(=O)N(C)C)C1. The summed E-state index contributed by atoms with van der Waals surface area (Å²) in [7, 11) is 3.61. The third-order valence-electron chi connectivity index (χ3n) is 4.06. The molecule has 0 aromatic heterocycles. The van der Waals surface area contributed by atoms with Gasteiger partial charge in [0.15, 0.2) is 0 Å². The maximum absolute atomic E-state index is 11.8. The molecule has 1 unspecified atom stereocenters. The summed E-state index contributed by atoms with van der Waals surface area (Å²) in [5.41, 5.74) is 2.84. The zero-order valence-corrected chi connectivity index (χ0v) is 12.3. The molecule has 3 heteroatoms. The molecule has 1 atom stereocenters. The largest absolute Gasteiger partial charge is 0.347 e. The van der Waals surface area contributed by atoms with E-state index in [0.717, 1.165) is 12.8 Å². The number of hydrogen-bond acceptors (Lipinski definition) is 2. The fourth-order valence-corrected chi connectivity index (χ4v) is 2.86. The Morgan fingerprint density at radius 3 is 2.53 bits per heavy atom. The first-order chi connectivity index (χ1) is 8.99. The Morgan fingerprint density at radius 1 is 1.32 bits per heavy atom. The summed E-state index contributed by atoms with van der Waals surface area (Å²) in [6.07, 6.45) is 2.27. The van der Waals surface area contributed by atoms with Gasteiger partial charge in [0.1, 0.15) is 0 Å². The van der Waals surface area contributed by atoms with E-state index in [0.29, 0.717) is 12.0 Å². The number of carbonyl (C=O) groups is 1. The van der Waals surface area contributed by atoms with Gasteiger partial charge >= 0.3 is 0 Å². The predicted octanol–water partition coefficient (Wildman–Crippen LogP) is 2.31. The minimum atomic E-state index is -0.0854. The van der Waals surface area contributed by atoms with Crippen molar-refractivity contribution in [3.05, 3.63) is 35.4 Å². The molecular weight excluding hydrogens is 236 g/mol. The van der Waals surface area contributed by atoms with Crippen LogP contribution in [0, 0.1) is 6.92 Å². The first-order valence-electron chi connectivity index (χ1n) is 7.01. The van der Waals surface area contributed by atoms with Gasteiger partial charge in [0, 0.05) is 20.1 Å². The number of rotatable bonds is 4. The van der Waals surface area contributed by atoms with Crippen molar-refractivity contribution in [3.8, 4) is 0 Å². The number of benzene rings is 1. The van der Waals surface area contributed by atoms with Crippen molar-refractivity contribution in [3.63, 3.8) is 0 Å². The lowest BCUT2D eigenvalue weighted by Gasteiger charge is -2.38. The number of aryl methyl sites for hydroxylation is 1. The molecule has 1 amide bonds. The molecule has 3 nitrogen and oxygen atoms in total. The quantitative estimate of drug-likeness (QED) is 0.901. The van der Waals surface area contributed by atoms with Crippen LogP contribution in [0.3, 0.4) is 0 Å². The summed E-state index contributed by atoms with van der Waals surface area (Å²) in [6.45, 7) is 4.12. The van der Waals surface area contributed by atoms with E-state index in [1.54, 1.807) is 19.0 Å². The van der Waals surface area contributed by atoms with Crippen molar-refractivity contribution >= 4 is 5.91 Å². The number of nitrogens with one attached hydrogen (secondary N) is 1. The molecule has 104 valence electrons. The van der Waals surface area contributed by atoms with Gasteiger partial charge in [0.2, 0.25) is 5.91 Å². The Hall–Kier alpha value is -1.35. The van der Waals surface area contributed by atoms with Crippen LogP contribution in [0.4, 0.5) is 0 Å². The maximum Gasteiger partial charge on any atom is 0.238 e. The van der Waals surface area contributed by atoms with Crippen molar-refractivity contribution in [2.45, 2.75) is 44.7 Å². The summed E-state index contributed by atoms with van der Waals surface area (Å²) < 4.78 is 0. The Kier molecular flexibility index (Phi) is 4.25. The monoisotopic (exact) mass is 260 g/mol. The second-order valence-corrected chi connectivity index (χ2v) is 5.84. The molecule has 19 heavy (non-hydrogen) atoms. The first-order valence-corrected chi connectivity index (χ1v) is 7.01. The van der Waals surface area contributed by atoms with Crippen molar-refractivity contribution in [2.75, 3.05) is 14.1 Å². The average molecular weight is 260 g/mol. The van der Waals surface area contributed by atoms with E-state index in [4.69, 9.17) is 0 Å². The lowest BCUT2D eigenvalue weighted by Crippen LogP contribution is -2.50. The van der Waals surface area contributed by atoms with Gasteiger partial charge in [-0.2, -0.15) is 0 Å². The zero-order chi connectivity index (χ0) is 14.0. The van der Waals surface area contributed by atoms with Gasteiger partial charge in [-0.1, -0.05) is 24.3 Å². The Bertz CT molecular complexity index is 450. The fourth-order valence-electron chi connectivity index (χ4n) is 2.86. The summed E-state index contributed by atoms with van der Waals surface area (Å²) in [6, 6.07) is 8.99. The van der Waals surface area contributed by atoms with E-state index >= 15 is 0 Å². The van der Waals surface area contributed by atoms with E-state index < -0.39 is 0 Å². The molecule has 0 bridgehead atoms. The highest BCUT2D eigenvalue weighted by atomic mass is 16.2. The highest BCUT2D eigenvalue weighted by molar-refractivity contribution is 5.80. The summed E-state index contributed by atoms with van der Waals surface area (Å²) in [5, 5.41) is 3.43. The second kappa shape index (κ2) is 5.74. The lowest BCUT2D eigenvalue weighted by atomic mass is 9.74. The summed E-state index contributed by atoms with van der Waals surface area (Å²) in [5.74, 6) is 0.805. The fraction of sp³-hybridized carbons (Fsp3) is 0.562. The third kappa shape index (κ3) is 3.16. The number of hydrogen-bond donors (Lipinski definition) is 1. The molecule has 1 aromatic rings. The Balaban J connectivity index is 1.84. The smallest absolute Gasteiger partial charge is 0.238 e. The molecule has 1 aliphatic rings. The first kappa shape index (κ1) is 14.1. The van der Waals surface area contributed by atoms with Gasteiger partial charge in [0.05, 0.1) is 6.04 Å². The number of amides is 1. The van der Waals surface area contributed by atoms with Crippen LogP contribution in [0.15, 0.2) is 24.3 Å². The molecule has 1 fully saturated rings. The lowest BCUT2D eigenvalue weighted by molar-refractivity contribution is -0.130. The van der Waals surface area contributed by atoms with Crippen molar-refractivity contribution in [2.24, 2.45) is 0 Å². The summed E-state index contributed by atoms with van der Waals surface area (Å²) >= 11 is 0. The molecule has 1 aromatic carbocycles. The van der Waals surface area contributed by atoms with Crippen LogP contribution >= 0.6 is 0 Å². The number of nitrogens with zero attached hydrogens (tertiary/aromatic N) is 1. The molecule has 1 aliphatic carbocycles. The molecule has 0 aliphatic heterocycles.